The Morgan fingerprint density at radius 3 is 2.24 bits per heavy atom. The zero-order chi connectivity index (χ0) is 21.6. The van der Waals surface area contributed by atoms with Crippen LogP contribution in [0.3, 0.4) is 0 Å². The van der Waals surface area contributed by atoms with Crippen molar-refractivity contribution in [3.63, 3.8) is 0 Å². The third kappa shape index (κ3) is 5.59. The first kappa shape index (κ1) is 22.5. The van der Waals surface area contributed by atoms with Crippen molar-refractivity contribution >= 4 is 23.2 Å². The van der Waals surface area contributed by atoms with E-state index in [-0.39, 0.29) is 11.8 Å². The number of hydrogen-bond donors (Lipinski definition) is 2. The van der Waals surface area contributed by atoms with E-state index in [2.05, 4.69) is 35.4 Å². The summed E-state index contributed by atoms with van der Waals surface area (Å²) in [4.78, 5) is 27.8. The summed E-state index contributed by atoms with van der Waals surface area (Å²) in [5.41, 5.74) is 3.79. The fraction of sp³-hybridized carbons (Fsp3) is 0.417. The molecule has 0 aliphatic heterocycles. The lowest BCUT2D eigenvalue weighted by molar-refractivity contribution is -0.138. The number of amides is 2. The van der Waals surface area contributed by atoms with E-state index < -0.39 is 5.41 Å². The molecule has 0 aromatic heterocycles. The first-order chi connectivity index (χ1) is 13.7. The highest BCUT2D eigenvalue weighted by Gasteiger charge is 2.36. The molecular formula is C24H33N3O2. The fourth-order valence-electron chi connectivity index (χ4n) is 3.18. The molecule has 2 amide bonds. The quantitative estimate of drug-likeness (QED) is 0.650. The SMILES string of the molecule is CCN(CC)c1ccc(NC(=O)C(C)(C)C(=O)NCc2cccc(C)c2)c(C)c1. The number of hydrogen-bond acceptors (Lipinski definition) is 3. The van der Waals surface area contributed by atoms with Crippen LogP contribution in [-0.4, -0.2) is 24.9 Å². The van der Waals surface area contributed by atoms with Crippen molar-refractivity contribution in [1.82, 2.24) is 5.32 Å². The molecule has 0 bridgehead atoms. The van der Waals surface area contributed by atoms with Crippen LogP contribution >= 0.6 is 0 Å². The Hall–Kier alpha value is -2.82. The summed E-state index contributed by atoms with van der Waals surface area (Å²) >= 11 is 0. The maximum Gasteiger partial charge on any atom is 0.239 e. The molecule has 2 rings (SSSR count). The second-order valence-electron chi connectivity index (χ2n) is 7.92. The van der Waals surface area contributed by atoms with Crippen LogP contribution in [0, 0.1) is 19.3 Å². The molecule has 2 aromatic rings. The monoisotopic (exact) mass is 395 g/mol. The number of anilines is 2. The van der Waals surface area contributed by atoms with E-state index in [0.717, 1.165) is 41.2 Å². The number of rotatable bonds is 8. The van der Waals surface area contributed by atoms with E-state index in [1.807, 2.05) is 50.2 Å². The molecule has 0 aliphatic rings. The van der Waals surface area contributed by atoms with Crippen LogP contribution in [0.15, 0.2) is 42.5 Å². The molecule has 0 atom stereocenters. The Morgan fingerprint density at radius 2 is 1.66 bits per heavy atom. The minimum absolute atomic E-state index is 0.297. The lowest BCUT2D eigenvalue weighted by atomic mass is 9.90. The van der Waals surface area contributed by atoms with Crippen molar-refractivity contribution in [3.05, 3.63) is 59.2 Å². The molecule has 5 nitrogen and oxygen atoms in total. The lowest BCUT2D eigenvalue weighted by Gasteiger charge is -2.25. The van der Waals surface area contributed by atoms with Gasteiger partial charge in [-0.05, 0) is 70.9 Å². The highest BCUT2D eigenvalue weighted by molar-refractivity contribution is 6.10. The summed E-state index contributed by atoms with van der Waals surface area (Å²) in [6, 6.07) is 13.9. The predicted octanol–water partition coefficient (Wildman–Crippen LogP) is 4.43. The third-order valence-electron chi connectivity index (χ3n) is 5.26. The predicted molar refractivity (Wildman–Crippen MR) is 120 cm³/mol. The molecule has 0 radical (unpaired) electrons. The van der Waals surface area contributed by atoms with E-state index in [1.54, 1.807) is 13.8 Å². The lowest BCUT2D eigenvalue weighted by Crippen LogP contribution is -2.45. The van der Waals surface area contributed by atoms with E-state index >= 15 is 0 Å². The number of nitrogens with zero attached hydrogens (tertiary/aromatic N) is 1. The smallest absolute Gasteiger partial charge is 0.239 e. The van der Waals surface area contributed by atoms with Crippen molar-refractivity contribution in [2.75, 3.05) is 23.3 Å². The highest BCUT2D eigenvalue weighted by atomic mass is 16.2. The van der Waals surface area contributed by atoms with Gasteiger partial charge in [0, 0.05) is 31.0 Å². The summed E-state index contributed by atoms with van der Waals surface area (Å²) in [6.07, 6.45) is 0. The standard InChI is InChI=1S/C24H33N3O2/c1-7-27(8-2)20-12-13-21(18(4)15-20)26-23(29)24(5,6)22(28)25-16-19-11-9-10-17(3)14-19/h9-15H,7-8,16H2,1-6H3,(H,25,28)(H,26,29). The minimum Gasteiger partial charge on any atom is -0.372 e. The van der Waals surface area contributed by atoms with Gasteiger partial charge in [-0.15, -0.1) is 0 Å². The summed E-state index contributed by atoms with van der Waals surface area (Å²) in [7, 11) is 0. The molecule has 0 heterocycles. The minimum atomic E-state index is -1.19. The van der Waals surface area contributed by atoms with Crippen LogP contribution in [0.2, 0.25) is 0 Å². The molecule has 156 valence electrons. The Balaban J connectivity index is 2.05. The largest absolute Gasteiger partial charge is 0.372 e. The summed E-state index contributed by atoms with van der Waals surface area (Å²) in [5, 5.41) is 5.80. The number of nitrogens with one attached hydrogen (secondary N) is 2. The van der Waals surface area contributed by atoms with E-state index in [0.29, 0.717) is 6.54 Å². The summed E-state index contributed by atoms with van der Waals surface area (Å²) in [5.74, 6) is -0.619. The highest BCUT2D eigenvalue weighted by Crippen LogP contribution is 2.25. The van der Waals surface area contributed by atoms with Gasteiger partial charge < -0.3 is 15.5 Å². The zero-order valence-corrected chi connectivity index (χ0v) is 18.4. The van der Waals surface area contributed by atoms with Gasteiger partial charge in [-0.2, -0.15) is 0 Å². The van der Waals surface area contributed by atoms with Crippen LogP contribution in [0.4, 0.5) is 11.4 Å². The molecule has 29 heavy (non-hydrogen) atoms. The van der Waals surface area contributed by atoms with Crippen molar-refractivity contribution < 1.29 is 9.59 Å². The zero-order valence-electron chi connectivity index (χ0n) is 18.4. The molecule has 0 saturated heterocycles. The van der Waals surface area contributed by atoms with Crippen molar-refractivity contribution in [1.29, 1.82) is 0 Å². The molecule has 2 aromatic carbocycles. The van der Waals surface area contributed by atoms with Gasteiger partial charge in [0.25, 0.3) is 0 Å². The van der Waals surface area contributed by atoms with Crippen molar-refractivity contribution in [3.8, 4) is 0 Å². The van der Waals surface area contributed by atoms with E-state index in [4.69, 9.17) is 0 Å². The molecule has 5 heteroatoms. The molecule has 0 fully saturated rings. The Labute approximate surface area is 174 Å². The molecule has 0 saturated carbocycles. The van der Waals surface area contributed by atoms with Gasteiger partial charge in [-0.25, -0.2) is 0 Å². The number of benzene rings is 2. The van der Waals surface area contributed by atoms with Crippen molar-refractivity contribution in [2.45, 2.75) is 48.1 Å². The molecule has 2 N–H and O–H groups in total. The normalized spacial score (nSPS) is 11.1. The second kappa shape index (κ2) is 9.59. The fourth-order valence-corrected chi connectivity index (χ4v) is 3.18. The van der Waals surface area contributed by atoms with Gasteiger partial charge in [-0.1, -0.05) is 29.8 Å². The maximum absolute atomic E-state index is 12.8. The topological polar surface area (TPSA) is 61.4 Å². The van der Waals surface area contributed by atoms with Crippen LogP contribution in [0.25, 0.3) is 0 Å². The maximum atomic E-state index is 12.8. The number of carbonyl (C=O) groups excluding carboxylic acids is 2. The molecule has 0 aliphatic carbocycles. The summed E-state index contributed by atoms with van der Waals surface area (Å²) < 4.78 is 0. The second-order valence-corrected chi connectivity index (χ2v) is 7.92. The molecule has 0 unspecified atom stereocenters. The van der Waals surface area contributed by atoms with Gasteiger partial charge in [0.1, 0.15) is 5.41 Å². The Morgan fingerprint density at radius 1 is 0.966 bits per heavy atom. The number of carbonyl (C=O) groups is 2. The average Bonchev–Trinajstić information content (AvgIpc) is 2.68. The van der Waals surface area contributed by atoms with Gasteiger partial charge in [0.05, 0.1) is 0 Å². The van der Waals surface area contributed by atoms with Crippen LogP contribution in [0.1, 0.15) is 44.4 Å². The Kier molecular flexibility index (Phi) is 7.43. The first-order valence-corrected chi connectivity index (χ1v) is 10.2. The molecular weight excluding hydrogens is 362 g/mol. The Bertz CT molecular complexity index is 870. The molecule has 0 spiro atoms. The average molecular weight is 396 g/mol. The van der Waals surface area contributed by atoms with E-state index in [1.165, 1.54) is 0 Å². The first-order valence-electron chi connectivity index (χ1n) is 10.2. The van der Waals surface area contributed by atoms with Gasteiger partial charge in [0.15, 0.2) is 0 Å². The van der Waals surface area contributed by atoms with Crippen LogP contribution in [0.5, 0.6) is 0 Å². The van der Waals surface area contributed by atoms with E-state index in [9.17, 15) is 9.59 Å². The summed E-state index contributed by atoms with van der Waals surface area (Å²) in [6.45, 7) is 13.8. The van der Waals surface area contributed by atoms with Crippen molar-refractivity contribution in [2.24, 2.45) is 5.41 Å². The van der Waals surface area contributed by atoms with Crippen LogP contribution in [-0.2, 0) is 16.1 Å². The van der Waals surface area contributed by atoms with Gasteiger partial charge in [-0.3, -0.25) is 9.59 Å². The van der Waals surface area contributed by atoms with Gasteiger partial charge in [0.2, 0.25) is 11.8 Å². The van der Waals surface area contributed by atoms with Crippen LogP contribution < -0.4 is 15.5 Å². The van der Waals surface area contributed by atoms with Gasteiger partial charge >= 0.3 is 0 Å². The number of aryl methyl sites for hydroxylation is 2. The third-order valence-corrected chi connectivity index (χ3v) is 5.26.